The summed E-state index contributed by atoms with van der Waals surface area (Å²) in [7, 11) is 0. The molecule has 3 heteroatoms. The van der Waals surface area contributed by atoms with Crippen molar-refractivity contribution < 1.29 is 14.6 Å². The lowest BCUT2D eigenvalue weighted by atomic mass is 9.76. The second kappa shape index (κ2) is 5.70. The van der Waals surface area contributed by atoms with Gasteiger partial charge in [0.15, 0.2) is 5.60 Å². The molecule has 0 bridgehead atoms. The van der Waals surface area contributed by atoms with E-state index in [9.17, 15) is 9.90 Å². The number of hydrogen-bond donors (Lipinski definition) is 1. The van der Waals surface area contributed by atoms with Crippen LogP contribution in [0.2, 0.25) is 0 Å². The van der Waals surface area contributed by atoms with Crippen LogP contribution in [-0.4, -0.2) is 16.7 Å². The lowest BCUT2D eigenvalue weighted by Crippen LogP contribution is -2.43. The molecule has 0 aromatic heterocycles. The molecule has 1 aromatic rings. The Kier molecular flexibility index (Phi) is 3.99. The lowest BCUT2D eigenvalue weighted by Gasteiger charge is -2.35. The quantitative estimate of drug-likeness (QED) is 0.808. The normalized spacial score (nSPS) is 21.9. The molecule has 1 saturated carbocycles. The van der Waals surface area contributed by atoms with Gasteiger partial charge in [-0.2, -0.15) is 0 Å². The van der Waals surface area contributed by atoms with Gasteiger partial charge in [0.2, 0.25) is 0 Å². The zero-order valence-corrected chi connectivity index (χ0v) is 14.4. The minimum absolute atomic E-state index is 0.0274. The first-order valence-electron chi connectivity index (χ1n) is 8.61. The molecule has 3 nitrogen and oxygen atoms in total. The van der Waals surface area contributed by atoms with Crippen LogP contribution in [0.15, 0.2) is 41.7 Å². The zero-order valence-electron chi connectivity index (χ0n) is 14.4. The molecule has 1 aromatic carbocycles. The molecule has 0 amide bonds. The van der Waals surface area contributed by atoms with E-state index < -0.39 is 5.60 Å². The van der Waals surface area contributed by atoms with E-state index in [0.717, 1.165) is 18.4 Å². The number of ether oxygens (including phenoxy) is 1. The molecule has 0 radical (unpaired) electrons. The maximum absolute atomic E-state index is 12.7. The van der Waals surface area contributed by atoms with Gasteiger partial charge in [0.25, 0.3) is 0 Å². The highest BCUT2D eigenvalue weighted by Crippen LogP contribution is 2.53. The van der Waals surface area contributed by atoms with Crippen molar-refractivity contribution in [2.75, 3.05) is 0 Å². The second-order valence-electron chi connectivity index (χ2n) is 7.48. The van der Waals surface area contributed by atoms with Crippen molar-refractivity contribution in [1.82, 2.24) is 0 Å². The summed E-state index contributed by atoms with van der Waals surface area (Å²) in [5.41, 5.74) is 0.687. The number of benzene rings is 1. The summed E-state index contributed by atoms with van der Waals surface area (Å²) in [5.74, 6) is 0.248. The third kappa shape index (κ3) is 2.46. The molecule has 23 heavy (non-hydrogen) atoms. The van der Waals surface area contributed by atoms with Crippen LogP contribution in [0.3, 0.4) is 0 Å². The van der Waals surface area contributed by atoms with Crippen LogP contribution in [0.25, 0.3) is 0 Å². The van der Waals surface area contributed by atoms with E-state index in [0.29, 0.717) is 11.5 Å². The van der Waals surface area contributed by atoms with Gasteiger partial charge in [0, 0.05) is 17.8 Å². The van der Waals surface area contributed by atoms with Gasteiger partial charge in [0.05, 0.1) is 5.57 Å². The molecule has 2 aliphatic rings. The fourth-order valence-corrected chi connectivity index (χ4v) is 4.05. The predicted molar refractivity (Wildman–Crippen MR) is 90.1 cm³/mol. The Morgan fingerprint density at radius 1 is 1.09 bits per heavy atom. The third-order valence-electron chi connectivity index (χ3n) is 5.39. The minimum Gasteiger partial charge on any atom is -0.507 e. The van der Waals surface area contributed by atoms with Crippen LogP contribution >= 0.6 is 0 Å². The number of aliphatic hydroxyl groups excluding tert-OH is 1. The molecule has 124 valence electrons. The summed E-state index contributed by atoms with van der Waals surface area (Å²) in [5, 5.41) is 11.1. The topological polar surface area (TPSA) is 46.5 Å². The van der Waals surface area contributed by atoms with E-state index in [-0.39, 0.29) is 29.5 Å². The van der Waals surface area contributed by atoms with Crippen LogP contribution in [-0.2, 0) is 9.53 Å². The summed E-state index contributed by atoms with van der Waals surface area (Å²) in [6.45, 7) is 8.00. The second-order valence-corrected chi connectivity index (χ2v) is 7.48. The summed E-state index contributed by atoms with van der Waals surface area (Å²) in [4.78, 5) is 12.7. The summed E-state index contributed by atoms with van der Waals surface area (Å²) in [6.07, 6.45) is 2.19. The highest BCUT2D eigenvalue weighted by Gasteiger charge is 2.55. The number of cyclic esters (lactones) is 1. The molecule has 1 aliphatic carbocycles. The molecule has 0 spiro atoms. The molecule has 3 rings (SSSR count). The molecule has 1 atom stereocenters. The van der Waals surface area contributed by atoms with Gasteiger partial charge in [-0.25, -0.2) is 4.79 Å². The fourth-order valence-electron chi connectivity index (χ4n) is 4.05. The van der Waals surface area contributed by atoms with Crippen molar-refractivity contribution >= 4 is 5.97 Å². The molecule has 1 N–H and O–H groups in total. The van der Waals surface area contributed by atoms with Gasteiger partial charge in [-0.1, -0.05) is 58.0 Å². The number of esters is 1. The lowest BCUT2D eigenvalue weighted by molar-refractivity contribution is -0.157. The van der Waals surface area contributed by atoms with Crippen molar-refractivity contribution in [3.8, 4) is 0 Å². The first kappa shape index (κ1) is 16.1. The van der Waals surface area contributed by atoms with Crippen molar-refractivity contribution in [3.63, 3.8) is 0 Å². The number of aliphatic hydroxyl groups is 1. The predicted octanol–water partition coefficient (Wildman–Crippen LogP) is 4.60. The summed E-state index contributed by atoms with van der Waals surface area (Å²) in [6, 6.07) is 10.0. The van der Waals surface area contributed by atoms with E-state index in [1.54, 1.807) is 0 Å². The highest BCUT2D eigenvalue weighted by molar-refractivity contribution is 5.94. The van der Waals surface area contributed by atoms with E-state index >= 15 is 0 Å². The highest BCUT2D eigenvalue weighted by atomic mass is 16.6. The van der Waals surface area contributed by atoms with Crippen LogP contribution < -0.4 is 0 Å². The average Bonchev–Trinajstić information content (AvgIpc) is 3.29. The van der Waals surface area contributed by atoms with E-state index in [2.05, 4.69) is 0 Å². The van der Waals surface area contributed by atoms with E-state index in [4.69, 9.17) is 4.74 Å². The molecule has 1 aliphatic heterocycles. The van der Waals surface area contributed by atoms with Crippen LogP contribution in [0, 0.1) is 17.8 Å². The van der Waals surface area contributed by atoms with Gasteiger partial charge in [0.1, 0.15) is 5.76 Å². The Balaban J connectivity index is 2.12. The number of carbonyl (C=O) groups excluding carboxylic acids is 1. The molecular weight excluding hydrogens is 288 g/mol. The van der Waals surface area contributed by atoms with Crippen LogP contribution in [0.4, 0.5) is 0 Å². The molecule has 0 saturated heterocycles. The Hall–Kier alpha value is -1.77. The SMILES string of the molecule is CC(C)C1(C(C)C)OC(=O)C(C(c2ccccc2)C2CC2)=C1O. The van der Waals surface area contributed by atoms with Gasteiger partial charge < -0.3 is 9.84 Å². The summed E-state index contributed by atoms with van der Waals surface area (Å²) >= 11 is 0. The number of carbonyl (C=O) groups is 1. The third-order valence-corrected chi connectivity index (χ3v) is 5.39. The van der Waals surface area contributed by atoms with Gasteiger partial charge >= 0.3 is 5.97 Å². The smallest absolute Gasteiger partial charge is 0.339 e. The number of hydrogen-bond acceptors (Lipinski definition) is 3. The van der Waals surface area contributed by atoms with Crippen LogP contribution in [0.5, 0.6) is 0 Å². The van der Waals surface area contributed by atoms with Crippen molar-refractivity contribution in [2.45, 2.75) is 52.1 Å². The zero-order chi connectivity index (χ0) is 16.8. The number of rotatable bonds is 5. The van der Waals surface area contributed by atoms with Crippen molar-refractivity contribution in [3.05, 3.63) is 47.2 Å². The largest absolute Gasteiger partial charge is 0.507 e. The fraction of sp³-hybridized carbons (Fsp3) is 0.550. The average molecular weight is 314 g/mol. The first-order valence-corrected chi connectivity index (χ1v) is 8.61. The Morgan fingerprint density at radius 2 is 1.65 bits per heavy atom. The molecule has 1 fully saturated rings. The molecule has 1 unspecified atom stereocenters. The Bertz CT molecular complexity index is 616. The maximum atomic E-state index is 12.7. The minimum atomic E-state index is -0.895. The maximum Gasteiger partial charge on any atom is 0.339 e. The molecule has 1 heterocycles. The van der Waals surface area contributed by atoms with Gasteiger partial charge in [-0.15, -0.1) is 0 Å². The van der Waals surface area contributed by atoms with Crippen molar-refractivity contribution in [2.24, 2.45) is 17.8 Å². The monoisotopic (exact) mass is 314 g/mol. The Morgan fingerprint density at radius 3 is 2.09 bits per heavy atom. The van der Waals surface area contributed by atoms with Gasteiger partial charge in [-0.3, -0.25) is 0 Å². The molecular formula is C20H26O3. The van der Waals surface area contributed by atoms with E-state index in [1.807, 2.05) is 58.0 Å². The van der Waals surface area contributed by atoms with E-state index in [1.165, 1.54) is 0 Å². The Labute approximate surface area is 138 Å². The van der Waals surface area contributed by atoms with Crippen LogP contribution in [0.1, 0.15) is 52.0 Å². The summed E-state index contributed by atoms with van der Waals surface area (Å²) < 4.78 is 5.81. The standard InChI is InChI=1S/C20H26O3/c1-12(2)20(13(3)4)18(21)17(19(22)23-20)16(15-10-11-15)14-8-6-5-7-9-14/h5-9,12-13,15-16,21H,10-11H2,1-4H3. The first-order chi connectivity index (χ1) is 10.9. The van der Waals surface area contributed by atoms with Crippen molar-refractivity contribution in [1.29, 1.82) is 0 Å². The van der Waals surface area contributed by atoms with Gasteiger partial charge in [-0.05, 0) is 24.3 Å².